The number of aromatic nitrogens is 2. The first kappa shape index (κ1) is 15.8. The van der Waals surface area contributed by atoms with Gasteiger partial charge in [0.1, 0.15) is 5.76 Å². The lowest BCUT2D eigenvalue weighted by atomic mass is 10.0. The number of fused-ring (bicyclic) bond motifs is 1. The van der Waals surface area contributed by atoms with Crippen molar-refractivity contribution in [2.75, 3.05) is 0 Å². The van der Waals surface area contributed by atoms with Gasteiger partial charge in [-0.3, -0.25) is 4.79 Å². The largest absolute Gasteiger partial charge is 0.511 e. The second kappa shape index (κ2) is 5.83. The van der Waals surface area contributed by atoms with E-state index in [9.17, 15) is 9.90 Å². The second-order valence-electron chi connectivity index (χ2n) is 5.31. The molecule has 0 radical (unpaired) electrons. The smallest absolute Gasteiger partial charge is 0.255 e. The topological polar surface area (TPSA) is 66.3 Å². The van der Waals surface area contributed by atoms with Gasteiger partial charge in [-0.15, -0.1) is 0 Å². The molecule has 0 bridgehead atoms. The van der Waals surface area contributed by atoms with Crippen molar-refractivity contribution in [3.63, 3.8) is 0 Å². The fourth-order valence-corrected chi connectivity index (χ4v) is 2.84. The van der Waals surface area contributed by atoms with Crippen LogP contribution in [0, 0.1) is 0 Å². The molecule has 1 amide bonds. The number of hydrogen-bond donors (Lipinski definition) is 1. The summed E-state index contributed by atoms with van der Waals surface area (Å²) in [5.74, 6) is -0.210. The van der Waals surface area contributed by atoms with Crippen molar-refractivity contribution in [1.82, 2.24) is 14.9 Å². The summed E-state index contributed by atoms with van der Waals surface area (Å²) in [6.07, 6.45) is 1.42. The molecule has 23 heavy (non-hydrogen) atoms. The third-order valence-electron chi connectivity index (χ3n) is 3.88. The minimum absolute atomic E-state index is 0.0444. The normalized spacial score (nSPS) is 14.7. The highest BCUT2D eigenvalue weighted by molar-refractivity contribution is 6.33. The van der Waals surface area contributed by atoms with Crippen molar-refractivity contribution in [3.05, 3.63) is 58.2 Å². The van der Waals surface area contributed by atoms with Crippen molar-refractivity contribution in [2.45, 2.75) is 19.5 Å². The lowest BCUT2D eigenvalue weighted by molar-refractivity contribution is 0.0709. The van der Waals surface area contributed by atoms with Crippen LogP contribution in [-0.4, -0.2) is 31.9 Å². The van der Waals surface area contributed by atoms with Gasteiger partial charge in [-0.2, -0.15) is 0 Å². The van der Waals surface area contributed by atoms with E-state index in [1.807, 2.05) is 12.1 Å². The Bertz CT molecular complexity index is 823. The molecule has 0 fully saturated rings. The average Bonchev–Trinajstić information content (AvgIpc) is 2.85. The maximum absolute atomic E-state index is 12.6. The molecule has 0 saturated carbocycles. The summed E-state index contributed by atoms with van der Waals surface area (Å²) < 4.78 is 0. The van der Waals surface area contributed by atoms with Gasteiger partial charge in [-0.1, -0.05) is 30.3 Å². The molecule has 118 valence electrons. The van der Waals surface area contributed by atoms with Crippen LogP contribution in [0.2, 0.25) is 10.3 Å². The molecule has 1 atom stereocenters. The number of benzene rings is 1. The molecule has 3 rings (SSSR count). The minimum Gasteiger partial charge on any atom is -0.511 e. The molecule has 1 aliphatic heterocycles. The van der Waals surface area contributed by atoms with Crippen molar-refractivity contribution in [2.24, 2.45) is 0 Å². The SMILES string of the molecule is C=C(O)[C@@H](C)N1Cc2ccc(-c3nc(Cl)ncc3Cl)cc2C1=O. The lowest BCUT2D eigenvalue weighted by Crippen LogP contribution is -2.34. The van der Waals surface area contributed by atoms with E-state index < -0.39 is 6.04 Å². The molecular formula is C16H13Cl2N3O2. The fraction of sp³-hybridized carbons (Fsp3) is 0.188. The zero-order chi connectivity index (χ0) is 16.7. The highest BCUT2D eigenvalue weighted by atomic mass is 35.5. The van der Waals surface area contributed by atoms with E-state index in [1.165, 1.54) is 6.20 Å². The maximum atomic E-state index is 12.6. The molecule has 5 nitrogen and oxygen atoms in total. The molecule has 7 heteroatoms. The summed E-state index contributed by atoms with van der Waals surface area (Å²) in [5, 5.41) is 9.98. The maximum Gasteiger partial charge on any atom is 0.255 e. The molecule has 0 spiro atoms. The third kappa shape index (κ3) is 2.78. The Balaban J connectivity index is 2.01. The van der Waals surface area contributed by atoms with Gasteiger partial charge < -0.3 is 10.0 Å². The Morgan fingerprint density at radius 2 is 2.17 bits per heavy atom. The van der Waals surface area contributed by atoms with Crippen LogP contribution in [0.25, 0.3) is 11.3 Å². The van der Waals surface area contributed by atoms with Gasteiger partial charge >= 0.3 is 0 Å². The number of aliphatic hydroxyl groups is 1. The summed E-state index contributed by atoms with van der Waals surface area (Å²) >= 11 is 11.9. The number of amides is 1. The van der Waals surface area contributed by atoms with E-state index in [0.29, 0.717) is 28.4 Å². The van der Waals surface area contributed by atoms with E-state index in [4.69, 9.17) is 23.2 Å². The highest BCUT2D eigenvalue weighted by Crippen LogP contribution is 2.32. The summed E-state index contributed by atoms with van der Waals surface area (Å²) in [6, 6.07) is 4.96. The number of carbonyl (C=O) groups is 1. The van der Waals surface area contributed by atoms with E-state index in [1.54, 1.807) is 17.9 Å². The Kier molecular flexibility index (Phi) is 4.00. The highest BCUT2D eigenvalue weighted by Gasteiger charge is 2.32. The van der Waals surface area contributed by atoms with Crippen LogP contribution in [0.5, 0.6) is 0 Å². The van der Waals surface area contributed by atoms with E-state index >= 15 is 0 Å². The zero-order valence-electron chi connectivity index (χ0n) is 12.3. The molecule has 1 aromatic carbocycles. The Hall–Kier alpha value is -2.11. The van der Waals surface area contributed by atoms with Crippen LogP contribution in [0.15, 0.2) is 36.7 Å². The monoisotopic (exact) mass is 349 g/mol. The molecule has 2 heterocycles. The molecular weight excluding hydrogens is 337 g/mol. The number of halogens is 2. The summed E-state index contributed by atoms with van der Waals surface area (Å²) in [4.78, 5) is 22.1. The predicted octanol–water partition coefficient (Wildman–Crippen LogP) is 3.87. The van der Waals surface area contributed by atoms with Gasteiger partial charge in [0.05, 0.1) is 23.0 Å². The Morgan fingerprint density at radius 3 is 2.87 bits per heavy atom. The van der Waals surface area contributed by atoms with E-state index in [2.05, 4.69) is 16.5 Å². The first-order chi connectivity index (χ1) is 10.9. The first-order valence-corrected chi connectivity index (χ1v) is 7.64. The van der Waals surface area contributed by atoms with E-state index in [-0.39, 0.29) is 16.9 Å². The van der Waals surface area contributed by atoms with Crippen LogP contribution in [0.1, 0.15) is 22.8 Å². The molecule has 1 N–H and O–H groups in total. The number of nitrogens with zero attached hydrogens (tertiary/aromatic N) is 3. The molecule has 2 aromatic rings. The number of carbonyl (C=O) groups excluding carboxylic acids is 1. The van der Waals surface area contributed by atoms with Crippen molar-refractivity contribution in [3.8, 4) is 11.3 Å². The van der Waals surface area contributed by atoms with E-state index in [0.717, 1.165) is 5.56 Å². The van der Waals surface area contributed by atoms with Crippen molar-refractivity contribution >= 4 is 29.1 Å². The van der Waals surface area contributed by atoms with Crippen LogP contribution in [0.4, 0.5) is 0 Å². The Labute approximate surface area is 143 Å². The molecule has 1 aromatic heterocycles. The van der Waals surface area contributed by atoms with Gasteiger partial charge in [-0.05, 0) is 30.2 Å². The van der Waals surface area contributed by atoms with Gasteiger partial charge in [0, 0.05) is 17.7 Å². The van der Waals surface area contributed by atoms with Crippen molar-refractivity contribution < 1.29 is 9.90 Å². The lowest BCUT2D eigenvalue weighted by Gasteiger charge is -2.22. The zero-order valence-corrected chi connectivity index (χ0v) is 13.8. The molecule has 0 unspecified atom stereocenters. The van der Waals surface area contributed by atoms with Gasteiger partial charge in [-0.25, -0.2) is 9.97 Å². The second-order valence-corrected chi connectivity index (χ2v) is 6.05. The molecule has 1 aliphatic rings. The fourth-order valence-electron chi connectivity index (χ4n) is 2.51. The van der Waals surface area contributed by atoms with Gasteiger partial charge in [0.15, 0.2) is 0 Å². The predicted molar refractivity (Wildman–Crippen MR) is 88.6 cm³/mol. The Morgan fingerprint density at radius 1 is 1.43 bits per heavy atom. The van der Waals surface area contributed by atoms with Gasteiger partial charge in [0.25, 0.3) is 5.91 Å². The third-order valence-corrected chi connectivity index (χ3v) is 4.34. The van der Waals surface area contributed by atoms with Crippen LogP contribution < -0.4 is 0 Å². The summed E-state index contributed by atoms with van der Waals surface area (Å²) in [7, 11) is 0. The standard InChI is InChI=1S/C16H13Cl2N3O2/c1-8(9(2)22)21-7-11-4-3-10(5-12(11)15(21)23)14-13(17)6-19-16(18)20-14/h3-6,8,22H,2,7H2,1H3/t8-/m1/s1. The van der Waals surface area contributed by atoms with Crippen LogP contribution in [0.3, 0.4) is 0 Å². The minimum atomic E-state index is -0.449. The summed E-state index contributed by atoms with van der Waals surface area (Å²) in [5.41, 5.74) is 2.59. The number of rotatable bonds is 3. The van der Waals surface area contributed by atoms with Crippen molar-refractivity contribution in [1.29, 1.82) is 0 Å². The summed E-state index contributed by atoms with van der Waals surface area (Å²) in [6.45, 7) is 5.65. The van der Waals surface area contributed by atoms with Crippen LogP contribution >= 0.6 is 23.2 Å². The van der Waals surface area contributed by atoms with Crippen LogP contribution in [-0.2, 0) is 6.54 Å². The number of aliphatic hydroxyl groups excluding tert-OH is 1. The quantitative estimate of drug-likeness (QED) is 0.674. The van der Waals surface area contributed by atoms with Gasteiger partial charge in [0.2, 0.25) is 5.28 Å². The number of hydrogen-bond acceptors (Lipinski definition) is 4. The first-order valence-electron chi connectivity index (χ1n) is 6.88. The average molecular weight is 350 g/mol. The molecule has 0 saturated heterocycles. The molecule has 0 aliphatic carbocycles.